The van der Waals surface area contributed by atoms with Crippen LogP contribution in [0.4, 0.5) is 4.39 Å². The fourth-order valence-electron chi connectivity index (χ4n) is 2.40. The number of nitrogens with zero attached hydrogens (tertiary/aromatic N) is 3. The van der Waals surface area contributed by atoms with Crippen LogP contribution in [0.15, 0.2) is 66.3 Å². The van der Waals surface area contributed by atoms with Crippen molar-refractivity contribution < 1.29 is 13.9 Å². The maximum absolute atomic E-state index is 13.7. The van der Waals surface area contributed by atoms with Gasteiger partial charge in [-0.3, -0.25) is 9.36 Å². The van der Waals surface area contributed by atoms with Gasteiger partial charge >= 0.3 is 0 Å². The summed E-state index contributed by atoms with van der Waals surface area (Å²) in [7, 11) is 0. The van der Waals surface area contributed by atoms with Crippen LogP contribution in [0.3, 0.4) is 0 Å². The Kier molecular flexibility index (Phi) is 6.84. The van der Waals surface area contributed by atoms with E-state index in [0.29, 0.717) is 28.1 Å². The zero-order valence-electron chi connectivity index (χ0n) is 14.8. The first-order valence-corrected chi connectivity index (χ1v) is 9.76. The molecule has 3 rings (SSSR count). The Morgan fingerprint density at radius 2 is 1.96 bits per heavy atom. The summed E-state index contributed by atoms with van der Waals surface area (Å²) in [6.07, 6.45) is 1.70. The minimum Gasteiger partial charge on any atom is -0.483 e. The van der Waals surface area contributed by atoms with Crippen molar-refractivity contribution in [1.82, 2.24) is 14.8 Å². The number of thioether (sulfide) groups is 1. The van der Waals surface area contributed by atoms with E-state index in [2.05, 4.69) is 16.8 Å². The first kappa shape index (κ1) is 20.1. The molecule has 0 aliphatic carbocycles. The quantitative estimate of drug-likeness (QED) is 0.284. The van der Waals surface area contributed by atoms with E-state index in [1.165, 1.54) is 17.8 Å². The molecule has 8 heteroatoms. The second-order valence-electron chi connectivity index (χ2n) is 5.74. The molecule has 2 aromatic carbocycles. The predicted molar refractivity (Wildman–Crippen MR) is 107 cm³/mol. The van der Waals surface area contributed by atoms with E-state index in [-0.39, 0.29) is 23.9 Å². The number of ketones is 1. The number of carbonyl (C=O) groups excluding carboxylic acids is 1. The summed E-state index contributed by atoms with van der Waals surface area (Å²) in [4.78, 5) is 12.3. The molecule has 5 nitrogen and oxygen atoms in total. The summed E-state index contributed by atoms with van der Waals surface area (Å²) in [6.45, 7) is 4.23. The fraction of sp³-hybridized carbons (Fsp3) is 0.150. The van der Waals surface area contributed by atoms with Crippen molar-refractivity contribution in [2.75, 3.05) is 5.75 Å². The molecular weight excluding hydrogens is 401 g/mol. The third kappa shape index (κ3) is 4.99. The molecule has 0 atom stereocenters. The Labute approximate surface area is 171 Å². The molecule has 0 unspecified atom stereocenters. The highest BCUT2D eigenvalue weighted by Gasteiger charge is 2.15. The molecule has 1 heterocycles. The highest BCUT2D eigenvalue weighted by molar-refractivity contribution is 7.99. The Morgan fingerprint density at radius 3 is 2.68 bits per heavy atom. The first-order valence-electron chi connectivity index (χ1n) is 8.40. The van der Waals surface area contributed by atoms with Gasteiger partial charge in [0, 0.05) is 17.1 Å². The van der Waals surface area contributed by atoms with Crippen LogP contribution in [0.1, 0.15) is 16.2 Å². The number of aromatic nitrogens is 3. The van der Waals surface area contributed by atoms with Crippen LogP contribution in [-0.4, -0.2) is 26.3 Å². The molecule has 0 saturated carbocycles. The lowest BCUT2D eigenvalue weighted by atomic mass is 10.1. The van der Waals surface area contributed by atoms with Gasteiger partial charge < -0.3 is 4.74 Å². The van der Waals surface area contributed by atoms with Gasteiger partial charge in [0.05, 0.1) is 5.75 Å². The van der Waals surface area contributed by atoms with Gasteiger partial charge in [0.15, 0.2) is 28.3 Å². The summed E-state index contributed by atoms with van der Waals surface area (Å²) in [5, 5.41) is 9.38. The number of hydrogen-bond donors (Lipinski definition) is 0. The summed E-state index contributed by atoms with van der Waals surface area (Å²) in [6, 6.07) is 12.9. The van der Waals surface area contributed by atoms with Gasteiger partial charge in [-0.15, -0.1) is 16.8 Å². The molecule has 0 N–H and O–H groups in total. The smallest absolute Gasteiger partial charge is 0.192 e. The minimum absolute atomic E-state index is 0.0426. The molecule has 1 aromatic heterocycles. The summed E-state index contributed by atoms with van der Waals surface area (Å²) >= 11 is 7.12. The van der Waals surface area contributed by atoms with Crippen LogP contribution in [0.5, 0.6) is 5.75 Å². The lowest BCUT2D eigenvalue weighted by Gasteiger charge is -2.09. The topological polar surface area (TPSA) is 57.0 Å². The molecule has 0 bridgehead atoms. The molecule has 0 aliphatic heterocycles. The maximum Gasteiger partial charge on any atom is 0.192 e. The molecule has 0 spiro atoms. The zero-order chi connectivity index (χ0) is 19.9. The van der Waals surface area contributed by atoms with Crippen LogP contribution >= 0.6 is 23.4 Å². The minimum atomic E-state index is -0.444. The number of halogens is 2. The first-order chi connectivity index (χ1) is 13.6. The molecule has 0 fully saturated rings. The van der Waals surface area contributed by atoms with Crippen LogP contribution in [0.25, 0.3) is 0 Å². The highest BCUT2D eigenvalue weighted by Crippen LogP contribution is 2.21. The van der Waals surface area contributed by atoms with E-state index in [9.17, 15) is 9.18 Å². The number of carbonyl (C=O) groups is 1. The summed E-state index contributed by atoms with van der Waals surface area (Å²) in [5.74, 6) is 0.372. The van der Waals surface area contributed by atoms with Gasteiger partial charge in [-0.2, -0.15) is 0 Å². The molecule has 0 amide bonds. The Bertz CT molecular complexity index is 976. The van der Waals surface area contributed by atoms with E-state index >= 15 is 0 Å². The van der Waals surface area contributed by atoms with Crippen molar-refractivity contribution in [3.8, 4) is 5.75 Å². The standard InChI is InChI=1S/C20H17ClFN3O2S/c1-2-11-25-19(12-27-18-6-4-3-5-16(18)22)23-24-20(25)28-13-17(26)14-7-9-15(21)10-8-14/h2-10H,1,11-13H2. The van der Waals surface area contributed by atoms with Gasteiger partial charge in [0.25, 0.3) is 0 Å². The van der Waals surface area contributed by atoms with Gasteiger partial charge in [-0.1, -0.05) is 41.6 Å². The molecule has 144 valence electrons. The number of benzene rings is 2. The van der Waals surface area contributed by atoms with Crippen molar-refractivity contribution in [3.05, 3.63) is 83.4 Å². The Balaban J connectivity index is 1.68. The number of rotatable bonds is 9. The van der Waals surface area contributed by atoms with Crippen LogP contribution < -0.4 is 4.74 Å². The number of allylic oxidation sites excluding steroid dienone is 1. The molecule has 28 heavy (non-hydrogen) atoms. The Hall–Kier alpha value is -2.64. The lowest BCUT2D eigenvalue weighted by Crippen LogP contribution is -2.09. The van der Waals surface area contributed by atoms with Crippen LogP contribution in [0, 0.1) is 5.82 Å². The second-order valence-corrected chi connectivity index (χ2v) is 7.11. The van der Waals surface area contributed by atoms with Crippen molar-refractivity contribution >= 4 is 29.1 Å². The largest absolute Gasteiger partial charge is 0.483 e. The average Bonchev–Trinajstić information content (AvgIpc) is 3.08. The molecule has 0 aliphatic rings. The monoisotopic (exact) mass is 417 g/mol. The van der Waals surface area contributed by atoms with Crippen molar-refractivity contribution in [2.24, 2.45) is 0 Å². The van der Waals surface area contributed by atoms with Crippen molar-refractivity contribution in [2.45, 2.75) is 18.3 Å². The van der Waals surface area contributed by atoms with E-state index in [1.807, 2.05) is 0 Å². The molecule has 0 radical (unpaired) electrons. The molecule has 0 saturated heterocycles. The summed E-state index contributed by atoms with van der Waals surface area (Å²) in [5.41, 5.74) is 0.579. The van der Waals surface area contributed by atoms with Gasteiger partial charge in [-0.05, 0) is 36.4 Å². The normalized spacial score (nSPS) is 10.6. The average molecular weight is 418 g/mol. The van der Waals surface area contributed by atoms with Crippen molar-refractivity contribution in [3.63, 3.8) is 0 Å². The summed E-state index contributed by atoms with van der Waals surface area (Å²) < 4.78 is 21.0. The van der Waals surface area contributed by atoms with Crippen LogP contribution in [-0.2, 0) is 13.2 Å². The third-order valence-corrected chi connectivity index (χ3v) is 5.02. The maximum atomic E-state index is 13.7. The van der Waals surface area contributed by atoms with E-state index in [1.54, 1.807) is 53.1 Å². The Morgan fingerprint density at radius 1 is 1.21 bits per heavy atom. The molecular formula is C20H17ClFN3O2S. The third-order valence-electron chi connectivity index (χ3n) is 3.80. The van der Waals surface area contributed by atoms with Crippen LogP contribution in [0.2, 0.25) is 5.02 Å². The van der Waals surface area contributed by atoms with Gasteiger partial charge in [0.2, 0.25) is 0 Å². The number of para-hydroxylation sites is 1. The SMILES string of the molecule is C=CCn1c(COc2ccccc2F)nnc1SCC(=O)c1ccc(Cl)cc1. The number of Topliss-reactive ketones (excluding diaryl/α,β-unsaturated/α-hetero) is 1. The fourth-order valence-corrected chi connectivity index (χ4v) is 3.39. The number of ether oxygens (including phenoxy) is 1. The van der Waals surface area contributed by atoms with Crippen molar-refractivity contribution in [1.29, 1.82) is 0 Å². The zero-order valence-corrected chi connectivity index (χ0v) is 16.4. The predicted octanol–water partition coefficient (Wildman–Crippen LogP) is 4.81. The molecule has 3 aromatic rings. The lowest BCUT2D eigenvalue weighted by molar-refractivity contribution is 0.102. The van der Waals surface area contributed by atoms with E-state index < -0.39 is 5.82 Å². The van der Waals surface area contributed by atoms with E-state index in [4.69, 9.17) is 16.3 Å². The van der Waals surface area contributed by atoms with E-state index in [0.717, 1.165) is 0 Å². The number of hydrogen-bond acceptors (Lipinski definition) is 5. The van der Waals surface area contributed by atoms with Gasteiger partial charge in [-0.25, -0.2) is 4.39 Å². The second kappa shape index (κ2) is 9.52. The van der Waals surface area contributed by atoms with Gasteiger partial charge in [0.1, 0.15) is 6.61 Å². The highest BCUT2D eigenvalue weighted by atomic mass is 35.5.